The fourth-order valence-corrected chi connectivity index (χ4v) is 3.82. The maximum Gasteiger partial charge on any atom is 0.253 e. The summed E-state index contributed by atoms with van der Waals surface area (Å²) >= 11 is 0. The highest BCUT2D eigenvalue weighted by atomic mass is 16.5. The molecule has 1 aliphatic carbocycles. The van der Waals surface area contributed by atoms with Crippen LogP contribution < -0.4 is 9.64 Å². The Kier molecular flexibility index (Phi) is 5.28. The fourth-order valence-electron chi connectivity index (χ4n) is 3.82. The Labute approximate surface area is 180 Å². The van der Waals surface area contributed by atoms with Crippen molar-refractivity contribution in [3.63, 3.8) is 0 Å². The van der Waals surface area contributed by atoms with Gasteiger partial charge >= 0.3 is 0 Å². The number of carbonyl (C=O) groups excluding carboxylic acids is 1. The second-order valence-electron chi connectivity index (χ2n) is 7.83. The number of benzene rings is 1. The number of amides is 1. The summed E-state index contributed by atoms with van der Waals surface area (Å²) in [5, 5.41) is 8.45. The molecule has 3 aromatic rings. The summed E-state index contributed by atoms with van der Waals surface area (Å²) in [6, 6.07) is 11.2. The van der Waals surface area contributed by atoms with Crippen LogP contribution in [0.3, 0.4) is 0 Å². The van der Waals surface area contributed by atoms with Crippen LogP contribution in [0.25, 0.3) is 11.5 Å². The maximum atomic E-state index is 12.9. The summed E-state index contributed by atoms with van der Waals surface area (Å²) in [7, 11) is 0. The monoisotopic (exact) mass is 419 g/mol. The molecule has 3 heterocycles. The van der Waals surface area contributed by atoms with Crippen LogP contribution in [-0.4, -0.2) is 58.8 Å². The first-order valence-electron chi connectivity index (χ1n) is 10.8. The molecule has 5 rings (SSSR count). The summed E-state index contributed by atoms with van der Waals surface area (Å²) in [6.45, 7) is 5.18. The highest BCUT2D eigenvalue weighted by molar-refractivity contribution is 5.94. The Morgan fingerprint density at radius 2 is 1.87 bits per heavy atom. The first-order valence-corrected chi connectivity index (χ1v) is 10.8. The number of rotatable bonds is 6. The summed E-state index contributed by atoms with van der Waals surface area (Å²) in [5.74, 6) is 3.28. The number of carbonyl (C=O) groups is 1. The van der Waals surface area contributed by atoms with Crippen LogP contribution in [0.15, 0.2) is 47.0 Å². The van der Waals surface area contributed by atoms with Crippen LogP contribution in [0.4, 0.5) is 5.82 Å². The smallest absolute Gasteiger partial charge is 0.253 e. The van der Waals surface area contributed by atoms with E-state index in [0.29, 0.717) is 50.2 Å². The van der Waals surface area contributed by atoms with Crippen LogP contribution in [-0.2, 0) is 0 Å². The van der Waals surface area contributed by atoms with E-state index in [0.717, 1.165) is 35.9 Å². The average Bonchev–Trinajstić information content (AvgIpc) is 3.56. The van der Waals surface area contributed by atoms with Gasteiger partial charge in [0.25, 0.3) is 11.8 Å². The van der Waals surface area contributed by atoms with E-state index in [-0.39, 0.29) is 5.91 Å². The van der Waals surface area contributed by atoms with Crippen LogP contribution >= 0.6 is 0 Å². The van der Waals surface area contributed by atoms with Crippen molar-refractivity contribution < 1.29 is 13.9 Å². The van der Waals surface area contributed by atoms with E-state index < -0.39 is 0 Å². The lowest BCUT2D eigenvalue weighted by Crippen LogP contribution is -2.49. The Bertz CT molecular complexity index is 1050. The molecule has 8 nitrogen and oxygen atoms in total. The van der Waals surface area contributed by atoms with Crippen molar-refractivity contribution in [2.24, 2.45) is 0 Å². The molecule has 1 saturated heterocycles. The number of hydrogen-bond acceptors (Lipinski definition) is 7. The Morgan fingerprint density at radius 3 is 2.58 bits per heavy atom. The number of nitrogens with zero attached hydrogens (tertiary/aromatic N) is 5. The quantitative estimate of drug-likeness (QED) is 0.606. The molecule has 0 N–H and O–H groups in total. The molecule has 1 saturated carbocycles. The topological polar surface area (TPSA) is 84.6 Å². The second-order valence-corrected chi connectivity index (χ2v) is 7.83. The molecule has 1 amide bonds. The second kappa shape index (κ2) is 8.37. The van der Waals surface area contributed by atoms with E-state index in [1.54, 1.807) is 6.20 Å². The fraction of sp³-hybridized carbons (Fsp3) is 0.391. The molecular formula is C23H25N5O3. The van der Waals surface area contributed by atoms with E-state index in [1.165, 1.54) is 0 Å². The lowest BCUT2D eigenvalue weighted by atomic mass is 10.1. The SMILES string of the molecule is CCOc1ccc(C(=O)N2CCN(c3ncccc3-c3nnc(C4CC4)o3)CC2)cc1. The largest absolute Gasteiger partial charge is 0.494 e. The standard InChI is InChI=1S/C23H25N5O3/c1-2-30-18-9-7-17(8-10-18)23(29)28-14-12-27(13-15-28)20-19(4-3-11-24-20)22-26-25-21(31-22)16-5-6-16/h3-4,7-11,16H,2,5-6,12-15H2,1H3. The minimum atomic E-state index is 0.0370. The van der Waals surface area contributed by atoms with E-state index in [1.807, 2.05) is 48.2 Å². The predicted molar refractivity (Wildman–Crippen MR) is 115 cm³/mol. The third-order valence-corrected chi connectivity index (χ3v) is 5.66. The van der Waals surface area contributed by atoms with Gasteiger partial charge in [0.05, 0.1) is 12.2 Å². The molecule has 0 atom stereocenters. The highest BCUT2D eigenvalue weighted by Gasteiger charge is 2.31. The molecule has 2 aliphatic rings. The highest BCUT2D eigenvalue weighted by Crippen LogP contribution is 2.40. The van der Waals surface area contributed by atoms with Gasteiger partial charge in [-0.3, -0.25) is 4.79 Å². The molecule has 1 aromatic carbocycles. The predicted octanol–water partition coefficient (Wildman–Crippen LogP) is 3.37. The number of hydrogen-bond donors (Lipinski definition) is 0. The van der Waals surface area contributed by atoms with Crippen molar-refractivity contribution in [3.05, 3.63) is 54.0 Å². The third-order valence-electron chi connectivity index (χ3n) is 5.66. The molecule has 0 spiro atoms. The molecule has 0 unspecified atom stereocenters. The zero-order chi connectivity index (χ0) is 21.2. The normalized spacial score (nSPS) is 16.4. The van der Waals surface area contributed by atoms with Gasteiger partial charge in [-0.15, -0.1) is 10.2 Å². The number of ether oxygens (including phenoxy) is 1. The Hall–Kier alpha value is -3.42. The van der Waals surface area contributed by atoms with Gasteiger partial charge in [-0.25, -0.2) is 4.98 Å². The molecule has 8 heteroatoms. The summed E-state index contributed by atoms with van der Waals surface area (Å²) in [5.41, 5.74) is 1.52. The van der Waals surface area contributed by atoms with Gasteiger partial charge in [-0.1, -0.05) is 0 Å². The van der Waals surface area contributed by atoms with Crippen LogP contribution in [0.2, 0.25) is 0 Å². The van der Waals surface area contributed by atoms with Crippen molar-refractivity contribution in [1.29, 1.82) is 0 Å². The first-order chi connectivity index (χ1) is 15.2. The van der Waals surface area contributed by atoms with Crippen molar-refractivity contribution in [2.45, 2.75) is 25.7 Å². The molecule has 0 bridgehead atoms. The third kappa shape index (κ3) is 4.10. The van der Waals surface area contributed by atoms with Crippen molar-refractivity contribution in [1.82, 2.24) is 20.1 Å². The lowest BCUT2D eigenvalue weighted by molar-refractivity contribution is 0.0746. The van der Waals surface area contributed by atoms with Gasteiger partial charge in [0.2, 0.25) is 5.89 Å². The maximum absolute atomic E-state index is 12.9. The molecule has 0 radical (unpaired) electrons. The zero-order valence-electron chi connectivity index (χ0n) is 17.5. The van der Waals surface area contributed by atoms with Crippen molar-refractivity contribution >= 4 is 11.7 Å². The van der Waals surface area contributed by atoms with Gasteiger partial charge in [0.15, 0.2) is 0 Å². The molecular weight excluding hydrogens is 394 g/mol. The van der Waals surface area contributed by atoms with E-state index >= 15 is 0 Å². The van der Waals surface area contributed by atoms with Crippen LogP contribution in [0.5, 0.6) is 5.75 Å². The van der Waals surface area contributed by atoms with Gasteiger partial charge in [-0.2, -0.15) is 0 Å². The first kappa shape index (κ1) is 19.5. The van der Waals surface area contributed by atoms with Gasteiger partial charge in [0, 0.05) is 43.9 Å². The van der Waals surface area contributed by atoms with Gasteiger partial charge in [0.1, 0.15) is 11.6 Å². The number of pyridine rings is 1. The van der Waals surface area contributed by atoms with Crippen molar-refractivity contribution in [3.8, 4) is 17.2 Å². The Balaban J connectivity index is 1.27. The average molecular weight is 419 g/mol. The summed E-state index contributed by atoms with van der Waals surface area (Å²) < 4.78 is 11.4. The minimum absolute atomic E-state index is 0.0370. The summed E-state index contributed by atoms with van der Waals surface area (Å²) in [6.07, 6.45) is 4.01. The zero-order valence-corrected chi connectivity index (χ0v) is 17.5. The van der Waals surface area contributed by atoms with E-state index in [4.69, 9.17) is 9.15 Å². The van der Waals surface area contributed by atoms with Crippen molar-refractivity contribution in [2.75, 3.05) is 37.7 Å². The van der Waals surface area contributed by atoms with Gasteiger partial charge < -0.3 is 19.0 Å². The molecule has 31 heavy (non-hydrogen) atoms. The number of aromatic nitrogens is 3. The minimum Gasteiger partial charge on any atom is -0.494 e. The lowest BCUT2D eigenvalue weighted by Gasteiger charge is -2.36. The number of anilines is 1. The van der Waals surface area contributed by atoms with E-state index in [2.05, 4.69) is 20.1 Å². The molecule has 2 aromatic heterocycles. The van der Waals surface area contributed by atoms with Gasteiger partial charge in [-0.05, 0) is 56.2 Å². The summed E-state index contributed by atoms with van der Waals surface area (Å²) in [4.78, 5) is 21.5. The molecule has 1 aliphatic heterocycles. The Morgan fingerprint density at radius 1 is 1.10 bits per heavy atom. The van der Waals surface area contributed by atoms with E-state index in [9.17, 15) is 4.79 Å². The molecule has 160 valence electrons. The van der Waals surface area contributed by atoms with Crippen LogP contribution in [0, 0.1) is 0 Å². The molecule has 2 fully saturated rings. The van der Waals surface area contributed by atoms with Crippen LogP contribution in [0.1, 0.15) is 41.9 Å². The number of piperazine rings is 1.